The second-order valence-corrected chi connectivity index (χ2v) is 8.92. The normalized spacial score (nSPS) is 24.7. The van der Waals surface area contributed by atoms with Crippen LogP contribution in [0.3, 0.4) is 0 Å². The standard InChI is InChI=1S/C29H27N3O4/c1-36-28(35)29-23(20-10-4-2-5-11-20)16-17-24(21-12-6-3-7-13-21)32(29)31-26(27(29)34)25(33)18-15-22-14-8-9-19-30-22/h2-14,16-17,19,23-24,27,34H,15,18H2,1H3. The smallest absolute Gasteiger partial charge is 0.337 e. The molecule has 1 N–H and O–H groups in total. The molecule has 0 fully saturated rings. The summed E-state index contributed by atoms with van der Waals surface area (Å²) in [6, 6.07) is 24.1. The summed E-state index contributed by atoms with van der Waals surface area (Å²) in [5, 5.41) is 18.0. The zero-order chi connectivity index (χ0) is 25.1. The Bertz CT molecular complexity index is 1290. The number of hydrogen-bond donors (Lipinski definition) is 1. The lowest BCUT2D eigenvalue weighted by Gasteiger charge is -2.47. The number of aliphatic hydroxyl groups is 1. The largest absolute Gasteiger partial charge is 0.467 e. The quantitative estimate of drug-likeness (QED) is 0.409. The molecule has 4 atom stereocenters. The highest BCUT2D eigenvalue weighted by Gasteiger charge is 2.65. The van der Waals surface area contributed by atoms with Gasteiger partial charge in [-0.3, -0.25) is 14.8 Å². The van der Waals surface area contributed by atoms with Crippen LogP contribution in [0.2, 0.25) is 0 Å². The maximum absolute atomic E-state index is 13.6. The van der Waals surface area contributed by atoms with E-state index in [9.17, 15) is 14.7 Å². The molecule has 2 aliphatic heterocycles. The maximum atomic E-state index is 13.6. The van der Waals surface area contributed by atoms with Crippen LogP contribution in [0.5, 0.6) is 0 Å². The zero-order valence-electron chi connectivity index (χ0n) is 19.9. The van der Waals surface area contributed by atoms with Gasteiger partial charge in [0, 0.05) is 24.2 Å². The number of aromatic nitrogens is 1. The molecule has 4 unspecified atom stereocenters. The number of pyridine rings is 1. The van der Waals surface area contributed by atoms with E-state index < -0.39 is 29.6 Å². The molecule has 2 aromatic carbocycles. The molecule has 5 rings (SSSR count). The van der Waals surface area contributed by atoms with Crippen LogP contribution in [0.4, 0.5) is 0 Å². The Balaban J connectivity index is 1.60. The van der Waals surface area contributed by atoms with Gasteiger partial charge < -0.3 is 9.84 Å². The number of carbonyl (C=O) groups is 2. The maximum Gasteiger partial charge on any atom is 0.337 e. The first-order valence-corrected chi connectivity index (χ1v) is 11.9. The molecule has 36 heavy (non-hydrogen) atoms. The molecule has 3 heterocycles. The van der Waals surface area contributed by atoms with E-state index in [1.165, 1.54) is 7.11 Å². The van der Waals surface area contributed by atoms with Gasteiger partial charge in [0.1, 0.15) is 11.8 Å². The number of benzene rings is 2. The number of esters is 1. The molecule has 0 saturated carbocycles. The van der Waals surface area contributed by atoms with Crippen molar-refractivity contribution in [1.82, 2.24) is 9.99 Å². The number of rotatable bonds is 7. The Morgan fingerprint density at radius 3 is 2.25 bits per heavy atom. The number of hydrazone groups is 1. The number of aliphatic hydroxyl groups excluding tert-OH is 1. The van der Waals surface area contributed by atoms with Gasteiger partial charge in [-0.05, 0) is 29.7 Å². The molecule has 3 aromatic rings. The van der Waals surface area contributed by atoms with Crippen LogP contribution in [0, 0.1) is 0 Å². The fraction of sp³-hybridized carbons (Fsp3) is 0.241. The summed E-state index contributed by atoms with van der Waals surface area (Å²) in [5.41, 5.74) is 0.785. The van der Waals surface area contributed by atoms with Gasteiger partial charge >= 0.3 is 5.97 Å². The van der Waals surface area contributed by atoms with Crippen LogP contribution in [-0.4, -0.2) is 51.3 Å². The minimum Gasteiger partial charge on any atom is -0.467 e. The first-order valence-electron chi connectivity index (χ1n) is 11.9. The molecule has 0 bridgehead atoms. The van der Waals surface area contributed by atoms with E-state index in [4.69, 9.17) is 4.74 Å². The lowest BCUT2D eigenvalue weighted by molar-refractivity contribution is -0.163. The predicted octanol–water partition coefficient (Wildman–Crippen LogP) is 3.62. The number of nitrogens with zero attached hydrogens (tertiary/aromatic N) is 3. The molecule has 7 heteroatoms. The minimum absolute atomic E-state index is 0.0399. The van der Waals surface area contributed by atoms with Gasteiger partial charge in [0.15, 0.2) is 11.3 Å². The Morgan fingerprint density at radius 1 is 0.944 bits per heavy atom. The number of aryl methyl sites for hydroxylation is 1. The highest BCUT2D eigenvalue weighted by Crippen LogP contribution is 2.50. The van der Waals surface area contributed by atoms with Crippen LogP contribution >= 0.6 is 0 Å². The number of carbonyl (C=O) groups excluding carboxylic acids is 2. The lowest BCUT2D eigenvalue weighted by Crippen LogP contribution is -2.64. The van der Waals surface area contributed by atoms with Crippen molar-refractivity contribution in [1.29, 1.82) is 0 Å². The third-order valence-corrected chi connectivity index (χ3v) is 6.93. The van der Waals surface area contributed by atoms with Gasteiger partial charge in [0.05, 0.1) is 13.2 Å². The summed E-state index contributed by atoms with van der Waals surface area (Å²) < 4.78 is 5.29. The number of methoxy groups -OCH3 is 1. The molecule has 1 aromatic heterocycles. The van der Waals surface area contributed by atoms with Gasteiger partial charge in [-0.15, -0.1) is 0 Å². The highest BCUT2D eigenvalue weighted by molar-refractivity contribution is 6.43. The molecule has 0 amide bonds. The fourth-order valence-corrected chi connectivity index (χ4v) is 5.18. The predicted molar refractivity (Wildman–Crippen MR) is 135 cm³/mol. The topological polar surface area (TPSA) is 92.1 Å². The lowest BCUT2D eigenvalue weighted by atomic mass is 9.70. The SMILES string of the molecule is COC(=O)C12C(O)C(C(=O)CCc3ccccn3)=NN1C(c1ccccc1)C=CC2c1ccccc1. The van der Waals surface area contributed by atoms with Crippen molar-refractivity contribution in [3.8, 4) is 0 Å². The average molecular weight is 482 g/mol. The molecule has 182 valence electrons. The third kappa shape index (κ3) is 3.91. The Morgan fingerprint density at radius 2 is 1.61 bits per heavy atom. The van der Waals surface area contributed by atoms with Crippen molar-refractivity contribution < 1.29 is 19.4 Å². The second-order valence-electron chi connectivity index (χ2n) is 8.92. The highest BCUT2D eigenvalue weighted by atomic mass is 16.5. The molecule has 0 radical (unpaired) electrons. The number of ether oxygens (including phenoxy) is 1. The van der Waals surface area contributed by atoms with Crippen LogP contribution in [0.1, 0.15) is 35.2 Å². The Kier molecular flexibility index (Phi) is 6.48. The molecule has 0 spiro atoms. The van der Waals surface area contributed by atoms with Crippen molar-refractivity contribution in [3.05, 3.63) is 114 Å². The molecule has 2 aliphatic rings. The van der Waals surface area contributed by atoms with Crippen LogP contribution in [0.25, 0.3) is 0 Å². The summed E-state index contributed by atoms with van der Waals surface area (Å²) in [6.45, 7) is 0. The van der Waals surface area contributed by atoms with Gasteiger partial charge in [-0.25, -0.2) is 4.79 Å². The van der Waals surface area contributed by atoms with E-state index in [-0.39, 0.29) is 17.9 Å². The Hall–Kier alpha value is -4.10. The Labute approximate surface area is 209 Å². The summed E-state index contributed by atoms with van der Waals surface area (Å²) in [5.74, 6) is -1.57. The third-order valence-electron chi connectivity index (χ3n) is 6.93. The molecule has 0 saturated heterocycles. The number of Topliss-reactive ketones (excluding diaryl/α,β-unsaturated/α-hetero) is 1. The zero-order valence-corrected chi connectivity index (χ0v) is 19.9. The van der Waals surface area contributed by atoms with Gasteiger partial charge in [0.25, 0.3) is 0 Å². The minimum atomic E-state index is -1.64. The summed E-state index contributed by atoms with van der Waals surface area (Å²) in [7, 11) is 1.29. The number of hydrogen-bond acceptors (Lipinski definition) is 7. The molecule has 0 aliphatic carbocycles. The number of ketones is 1. The van der Waals surface area contributed by atoms with E-state index >= 15 is 0 Å². The molecular weight excluding hydrogens is 454 g/mol. The van der Waals surface area contributed by atoms with Gasteiger partial charge in [0.2, 0.25) is 0 Å². The van der Waals surface area contributed by atoms with E-state index in [1.807, 2.05) is 91.0 Å². The van der Waals surface area contributed by atoms with Crippen LogP contribution in [-0.2, 0) is 20.7 Å². The second kappa shape index (κ2) is 9.87. The number of fused-ring (bicyclic) bond motifs is 1. The van der Waals surface area contributed by atoms with E-state index in [2.05, 4.69) is 10.1 Å². The van der Waals surface area contributed by atoms with Crippen LogP contribution < -0.4 is 0 Å². The monoisotopic (exact) mass is 481 g/mol. The van der Waals surface area contributed by atoms with Crippen molar-refractivity contribution in [2.75, 3.05) is 7.11 Å². The molecule has 7 nitrogen and oxygen atoms in total. The van der Waals surface area contributed by atoms with Crippen LogP contribution in [0.15, 0.2) is 102 Å². The average Bonchev–Trinajstić information content (AvgIpc) is 3.26. The summed E-state index contributed by atoms with van der Waals surface area (Å²) >= 11 is 0. The fourth-order valence-electron chi connectivity index (χ4n) is 5.18. The first-order chi connectivity index (χ1) is 17.6. The van der Waals surface area contributed by atoms with E-state index in [0.29, 0.717) is 6.42 Å². The molecular formula is C29H27N3O4. The van der Waals surface area contributed by atoms with Crippen molar-refractivity contribution in [3.63, 3.8) is 0 Å². The van der Waals surface area contributed by atoms with Crippen molar-refractivity contribution in [2.24, 2.45) is 5.10 Å². The summed E-state index contributed by atoms with van der Waals surface area (Å²) in [6.07, 6.45) is 4.58. The van der Waals surface area contributed by atoms with Gasteiger partial charge in [-0.1, -0.05) is 78.9 Å². The first kappa shape index (κ1) is 23.6. The van der Waals surface area contributed by atoms with Crippen molar-refractivity contribution >= 4 is 17.5 Å². The van der Waals surface area contributed by atoms with E-state index in [1.54, 1.807) is 11.2 Å². The van der Waals surface area contributed by atoms with E-state index in [0.717, 1.165) is 16.8 Å². The van der Waals surface area contributed by atoms with Crippen molar-refractivity contribution in [2.45, 2.75) is 36.4 Å². The summed E-state index contributed by atoms with van der Waals surface area (Å²) in [4.78, 5) is 31.3. The van der Waals surface area contributed by atoms with Gasteiger partial charge in [-0.2, -0.15) is 5.10 Å².